The smallest absolute Gasteiger partial charge is 0.217 e. The predicted molar refractivity (Wildman–Crippen MR) is 244 cm³/mol. The van der Waals surface area contributed by atoms with Gasteiger partial charge in [-0.25, -0.2) is 4.99 Å². The monoisotopic (exact) mass is 763 g/mol. The molecular formula is C54H57N3O. The Hall–Kier alpha value is -5.48. The van der Waals surface area contributed by atoms with E-state index in [4.69, 9.17) is 14.7 Å². The number of aryl methyl sites for hydroxylation is 2. The maximum Gasteiger partial charge on any atom is 0.217 e. The van der Waals surface area contributed by atoms with Crippen LogP contribution in [0.3, 0.4) is 0 Å². The third-order valence-electron chi connectivity index (χ3n) is 13.5. The second-order valence-corrected chi connectivity index (χ2v) is 19.2. The summed E-state index contributed by atoms with van der Waals surface area (Å²) in [7, 11) is 0. The van der Waals surface area contributed by atoms with Crippen LogP contribution in [0.1, 0.15) is 124 Å². The number of pyridine rings is 1. The van der Waals surface area contributed by atoms with E-state index < -0.39 is 11.1 Å². The lowest BCUT2D eigenvalue weighted by Gasteiger charge is -2.31. The summed E-state index contributed by atoms with van der Waals surface area (Å²) in [4.78, 5) is 10.5. The molecule has 294 valence electrons. The van der Waals surface area contributed by atoms with Gasteiger partial charge in [0.25, 0.3) is 0 Å². The summed E-state index contributed by atoms with van der Waals surface area (Å²) >= 11 is 0. The molecule has 0 saturated carbocycles. The van der Waals surface area contributed by atoms with E-state index in [1.807, 2.05) is 6.20 Å². The maximum atomic E-state index is 7.20. The maximum absolute atomic E-state index is 7.20. The van der Waals surface area contributed by atoms with Gasteiger partial charge in [-0.3, -0.25) is 4.98 Å². The van der Waals surface area contributed by atoms with Crippen LogP contribution in [0, 0.1) is 20.8 Å². The van der Waals surface area contributed by atoms with Crippen molar-refractivity contribution in [1.82, 2.24) is 9.55 Å². The quantitative estimate of drug-likeness (QED) is 0.169. The molecule has 0 bridgehead atoms. The van der Waals surface area contributed by atoms with E-state index in [1.54, 1.807) is 0 Å². The molecule has 0 radical (unpaired) electrons. The summed E-state index contributed by atoms with van der Waals surface area (Å²) in [6, 6.07) is 36.6. The van der Waals surface area contributed by atoms with Gasteiger partial charge in [-0.2, -0.15) is 0 Å². The summed E-state index contributed by atoms with van der Waals surface area (Å²) in [5.41, 5.74) is 18.6. The third kappa shape index (κ3) is 5.85. The first-order chi connectivity index (χ1) is 27.5. The van der Waals surface area contributed by atoms with Gasteiger partial charge in [0, 0.05) is 40.2 Å². The molecule has 1 aliphatic heterocycles. The van der Waals surface area contributed by atoms with Gasteiger partial charge in [-0.15, -0.1) is 0 Å². The van der Waals surface area contributed by atoms with Crippen LogP contribution in [0.5, 0.6) is 0 Å². The van der Waals surface area contributed by atoms with Crippen molar-refractivity contribution in [3.05, 3.63) is 153 Å². The lowest BCUT2D eigenvalue weighted by Crippen LogP contribution is -2.41. The minimum absolute atomic E-state index is 0.0175. The molecule has 58 heavy (non-hydrogen) atoms. The molecule has 2 atom stereocenters. The van der Waals surface area contributed by atoms with Gasteiger partial charge in [0.1, 0.15) is 11.1 Å². The highest BCUT2D eigenvalue weighted by Crippen LogP contribution is 2.54. The van der Waals surface area contributed by atoms with Crippen molar-refractivity contribution in [3.8, 4) is 28.1 Å². The van der Waals surface area contributed by atoms with Crippen LogP contribution >= 0.6 is 0 Å². The minimum Gasteiger partial charge on any atom is -0.468 e. The summed E-state index contributed by atoms with van der Waals surface area (Å²) in [6.45, 7) is 27.2. The largest absolute Gasteiger partial charge is 0.468 e. The highest BCUT2D eigenvalue weighted by Gasteiger charge is 2.59. The first-order valence-corrected chi connectivity index (χ1v) is 21.2. The number of aliphatic imine (C=N–C) groups is 1. The predicted octanol–water partition coefficient (Wildman–Crippen LogP) is 14.0. The number of hydrogen-bond donors (Lipinski definition) is 0. The fourth-order valence-corrected chi connectivity index (χ4v) is 9.75. The molecule has 0 N–H and O–H groups in total. The van der Waals surface area contributed by atoms with Crippen LogP contribution < -0.4 is 0 Å². The van der Waals surface area contributed by atoms with Crippen molar-refractivity contribution in [2.45, 2.75) is 118 Å². The van der Waals surface area contributed by atoms with Gasteiger partial charge >= 0.3 is 0 Å². The second kappa shape index (κ2) is 13.3. The first-order valence-electron chi connectivity index (χ1n) is 21.2. The minimum atomic E-state index is -0.501. The van der Waals surface area contributed by atoms with Crippen LogP contribution in [-0.4, -0.2) is 21.0 Å². The zero-order chi connectivity index (χ0) is 41.1. The number of ether oxygens (including phenoxy) is 1. The Morgan fingerprint density at radius 1 is 0.707 bits per heavy atom. The number of hydrogen-bond acceptors (Lipinski definition) is 3. The highest BCUT2D eigenvalue weighted by molar-refractivity contribution is 6.11. The zero-order valence-corrected chi connectivity index (χ0v) is 36.4. The molecule has 0 spiro atoms. The molecule has 7 aromatic rings. The lowest BCUT2D eigenvalue weighted by atomic mass is 9.84. The SMILES string of the molecule is Cc1ccc2c(c1)c1ccc(-c3cc(C(C)(C)C)ccn3)cc1n2-c1cc(C2=N[C@]3(C)c4ccc(C)c(C)c4C[C@]3(C)O2)cc(-c2c(C(C)C)cccc2C(C)C)c1. The molecule has 0 fully saturated rings. The number of benzene rings is 5. The highest BCUT2D eigenvalue weighted by atomic mass is 16.5. The van der Waals surface area contributed by atoms with Crippen LogP contribution in [0.25, 0.3) is 49.9 Å². The summed E-state index contributed by atoms with van der Waals surface area (Å²) in [5.74, 6) is 1.40. The fourth-order valence-electron chi connectivity index (χ4n) is 9.75. The Balaban J connectivity index is 1.33. The number of fused-ring (bicyclic) bond motifs is 6. The molecule has 0 amide bonds. The zero-order valence-electron chi connectivity index (χ0n) is 36.4. The normalized spacial score (nSPS) is 19.0. The van der Waals surface area contributed by atoms with Gasteiger partial charge in [0.15, 0.2) is 0 Å². The van der Waals surface area contributed by atoms with Crippen molar-refractivity contribution in [2.75, 3.05) is 0 Å². The van der Waals surface area contributed by atoms with Gasteiger partial charge in [0.2, 0.25) is 5.90 Å². The van der Waals surface area contributed by atoms with Gasteiger partial charge in [-0.1, -0.05) is 103 Å². The molecule has 5 aromatic carbocycles. The summed E-state index contributed by atoms with van der Waals surface area (Å²) in [6.07, 6.45) is 2.78. The second-order valence-electron chi connectivity index (χ2n) is 19.2. The number of nitrogens with zero attached hydrogens (tertiary/aromatic N) is 3. The van der Waals surface area contributed by atoms with Crippen molar-refractivity contribution in [3.63, 3.8) is 0 Å². The van der Waals surface area contributed by atoms with Crippen molar-refractivity contribution >= 4 is 27.7 Å². The molecule has 3 heterocycles. The van der Waals surface area contributed by atoms with Crippen molar-refractivity contribution < 1.29 is 4.74 Å². The fraction of sp³-hybridized carbons (Fsp3) is 0.333. The van der Waals surface area contributed by atoms with Gasteiger partial charge in [0.05, 0.1) is 16.7 Å². The lowest BCUT2D eigenvalue weighted by molar-refractivity contribution is 0.0476. The Bertz CT molecular complexity index is 2820. The average Bonchev–Trinajstić information content (AvgIpc) is 3.73. The topological polar surface area (TPSA) is 39.4 Å². The van der Waals surface area contributed by atoms with Gasteiger partial charge in [-0.05, 0) is 150 Å². The molecule has 4 heteroatoms. The Kier molecular flexibility index (Phi) is 8.71. The van der Waals surface area contributed by atoms with Crippen LogP contribution in [0.2, 0.25) is 0 Å². The van der Waals surface area contributed by atoms with Crippen molar-refractivity contribution in [2.24, 2.45) is 4.99 Å². The molecule has 2 aromatic heterocycles. The number of rotatable bonds is 6. The van der Waals surface area contributed by atoms with E-state index in [0.717, 1.165) is 34.4 Å². The van der Waals surface area contributed by atoms with Crippen molar-refractivity contribution in [1.29, 1.82) is 0 Å². The number of aromatic nitrogens is 2. The molecule has 0 unspecified atom stereocenters. The molecule has 9 rings (SSSR count). The molecule has 0 saturated heterocycles. The van der Waals surface area contributed by atoms with E-state index in [0.29, 0.717) is 17.7 Å². The summed E-state index contributed by atoms with van der Waals surface area (Å²) in [5, 5.41) is 2.46. The van der Waals surface area contributed by atoms with Gasteiger partial charge < -0.3 is 9.30 Å². The van der Waals surface area contributed by atoms with E-state index in [2.05, 4.69) is 185 Å². The third-order valence-corrected chi connectivity index (χ3v) is 13.5. The first kappa shape index (κ1) is 38.1. The van der Waals surface area contributed by atoms with E-state index >= 15 is 0 Å². The molecular weight excluding hydrogens is 707 g/mol. The van der Waals surface area contributed by atoms with E-state index in [-0.39, 0.29) is 5.41 Å². The standard InChI is InChI=1S/C54H57N3O/c1-31(2)41-14-13-15-42(32(3)4)50(41)37-25-38(51-56-54(12)46-20-17-34(6)35(7)45(46)30-53(54,11)58-51)27-40(26-37)57-48-21-16-33(5)24-44(48)43-19-18-36(28-49(43)57)47-29-39(22-23-55-47)52(8,9)10/h13-29,31-32H,30H2,1-12H3/t53-,54+/m0/s1. The van der Waals surface area contributed by atoms with E-state index in [1.165, 1.54) is 71.9 Å². The van der Waals surface area contributed by atoms with E-state index in [9.17, 15) is 0 Å². The average molecular weight is 764 g/mol. The Labute approximate surface area is 345 Å². The molecule has 2 aliphatic rings. The molecule has 1 aliphatic carbocycles. The van der Waals surface area contributed by atoms with Crippen LogP contribution in [0.4, 0.5) is 0 Å². The summed E-state index contributed by atoms with van der Waals surface area (Å²) < 4.78 is 9.66. The Morgan fingerprint density at radius 3 is 2.14 bits per heavy atom. The Morgan fingerprint density at radius 2 is 1.43 bits per heavy atom. The van der Waals surface area contributed by atoms with Crippen LogP contribution in [0.15, 0.2) is 108 Å². The molecule has 4 nitrogen and oxygen atoms in total. The van der Waals surface area contributed by atoms with Crippen LogP contribution in [-0.2, 0) is 22.1 Å².